The molecular formula is C30H53NO4. The monoisotopic (exact) mass is 491 g/mol. The maximum absolute atomic E-state index is 12.9. The van der Waals surface area contributed by atoms with Crippen LogP contribution in [-0.2, 0) is 14.3 Å². The molecule has 5 nitrogen and oxygen atoms in total. The number of aliphatic hydroxyl groups is 1. The highest BCUT2D eigenvalue weighted by atomic mass is 16.5. The van der Waals surface area contributed by atoms with Crippen LogP contribution in [0.5, 0.6) is 0 Å². The molecule has 0 unspecified atom stereocenters. The number of nitrogens with one attached hydrogen (secondary N) is 1. The Hall–Kier alpha value is -0.650. The fourth-order valence-electron chi connectivity index (χ4n) is 9.27. The maximum atomic E-state index is 12.9. The smallest absolute Gasteiger partial charge is 0.309 e. The lowest BCUT2D eigenvalue weighted by atomic mass is 9.43. The number of esters is 1. The molecule has 4 saturated carbocycles. The van der Waals surface area contributed by atoms with Crippen LogP contribution in [0.3, 0.4) is 0 Å². The molecule has 4 aliphatic rings. The molecule has 4 aliphatic carbocycles. The molecule has 10 atom stereocenters. The van der Waals surface area contributed by atoms with Crippen LogP contribution in [0, 0.1) is 46.3 Å². The van der Waals surface area contributed by atoms with Crippen molar-refractivity contribution in [2.75, 3.05) is 20.3 Å². The van der Waals surface area contributed by atoms with Gasteiger partial charge in [0.2, 0.25) is 0 Å². The second kappa shape index (κ2) is 11.0. The summed E-state index contributed by atoms with van der Waals surface area (Å²) in [5.41, 5.74) is 0.178. The van der Waals surface area contributed by atoms with E-state index >= 15 is 0 Å². The van der Waals surface area contributed by atoms with Crippen LogP contribution in [0.2, 0.25) is 0 Å². The quantitative estimate of drug-likeness (QED) is 0.325. The average Bonchev–Trinajstić information content (AvgIpc) is 3.15. The Morgan fingerprint density at radius 1 is 1.11 bits per heavy atom. The minimum atomic E-state index is -0.335. The number of carbonyl (C=O) groups excluding carboxylic acids is 1. The summed E-state index contributed by atoms with van der Waals surface area (Å²) in [4.78, 5) is 12.9. The van der Waals surface area contributed by atoms with E-state index in [1.165, 1.54) is 19.3 Å². The van der Waals surface area contributed by atoms with Crippen LogP contribution in [0.1, 0.15) is 98.8 Å². The molecule has 202 valence electrons. The zero-order chi connectivity index (χ0) is 25.4. The number of fused-ring (bicyclic) bond motifs is 5. The van der Waals surface area contributed by atoms with Gasteiger partial charge in [-0.1, -0.05) is 41.0 Å². The Balaban J connectivity index is 1.63. The molecule has 4 rings (SSSR count). The van der Waals surface area contributed by atoms with Crippen LogP contribution in [-0.4, -0.2) is 49.6 Å². The Bertz CT molecular complexity index is 727. The van der Waals surface area contributed by atoms with E-state index in [9.17, 15) is 9.90 Å². The molecule has 0 bridgehead atoms. The number of hydrogen-bond donors (Lipinski definition) is 2. The normalized spacial score (nSPS) is 45.0. The predicted molar refractivity (Wildman–Crippen MR) is 140 cm³/mol. The summed E-state index contributed by atoms with van der Waals surface area (Å²) >= 11 is 0. The van der Waals surface area contributed by atoms with Gasteiger partial charge in [0.25, 0.3) is 0 Å². The van der Waals surface area contributed by atoms with Gasteiger partial charge in [-0.15, -0.1) is 0 Å². The molecule has 0 aliphatic heterocycles. The van der Waals surface area contributed by atoms with Crippen LogP contribution in [0.15, 0.2) is 0 Å². The first-order valence-corrected chi connectivity index (χ1v) is 14.8. The van der Waals surface area contributed by atoms with E-state index in [4.69, 9.17) is 9.47 Å². The highest BCUT2D eigenvalue weighted by Crippen LogP contribution is 2.67. The van der Waals surface area contributed by atoms with Crippen molar-refractivity contribution in [3.63, 3.8) is 0 Å². The van der Waals surface area contributed by atoms with E-state index in [0.29, 0.717) is 35.6 Å². The molecule has 0 saturated heterocycles. The highest BCUT2D eigenvalue weighted by molar-refractivity contribution is 5.74. The van der Waals surface area contributed by atoms with Crippen molar-refractivity contribution < 1.29 is 19.4 Å². The van der Waals surface area contributed by atoms with Gasteiger partial charge in [-0.2, -0.15) is 0 Å². The lowest BCUT2D eigenvalue weighted by Gasteiger charge is -2.64. The van der Waals surface area contributed by atoms with Gasteiger partial charge in [0.1, 0.15) is 0 Å². The predicted octanol–water partition coefficient (Wildman–Crippen LogP) is 5.59. The maximum Gasteiger partial charge on any atom is 0.309 e. The van der Waals surface area contributed by atoms with Gasteiger partial charge in [-0.05, 0) is 105 Å². The van der Waals surface area contributed by atoms with Crippen molar-refractivity contribution in [2.45, 2.75) is 117 Å². The van der Waals surface area contributed by atoms with Gasteiger partial charge in [0.15, 0.2) is 0 Å². The van der Waals surface area contributed by atoms with Crippen LogP contribution in [0.25, 0.3) is 0 Å². The zero-order valence-corrected chi connectivity index (χ0v) is 23.4. The Morgan fingerprint density at radius 3 is 2.57 bits per heavy atom. The third-order valence-electron chi connectivity index (χ3n) is 11.1. The second-order valence-corrected chi connectivity index (χ2v) is 13.5. The van der Waals surface area contributed by atoms with E-state index < -0.39 is 0 Å². The Morgan fingerprint density at radius 2 is 1.89 bits per heavy atom. The molecule has 4 fully saturated rings. The number of rotatable bonds is 9. The zero-order valence-electron chi connectivity index (χ0n) is 23.4. The molecule has 0 spiro atoms. The van der Waals surface area contributed by atoms with Crippen molar-refractivity contribution in [1.82, 2.24) is 5.32 Å². The minimum absolute atomic E-state index is 0.000505. The van der Waals surface area contributed by atoms with Crippen molar-refractivity contribution in [2.24, 2.45) is 46.3 Å². The summed E-state index contributed by atoms with van der Waals surface area (Å²) in [5.74, 6) is 3.05. The lowest BCUT2D eigenvalue weighted by molar-refractivity contribution is -0.183. The Kier molecular flexibility index (Phi) is 8.60. The summed E-state index contributed by atoms with van der Waals surface area (Å²) in [7, 11) is 1.56. The number of unbranched alkanes of at least 4 members (excludes halogenated alkanes) is 1. The summed E-state index contributed by atoms with van der Waals surface area (Å²) in [6.45, 7) is 13.5. The van der Waals surface area contributed by atoms with Gasteiger partial charge in [0.05, 0.1) is 25.2 Å². The van der Waals surface area contributed by atoms with Gasteiger partial charge >= 0.3 is 5.97 Å². The van der Waals surface area contributed by atoms with Crippen molar-refractivity contribution in [3.05, 3.63) is 0 Å². The summed E-state index contributed by atoms with van der Waals surface area (Å²) in [6.07, 6.45) is 10.4. The number of carbonyl (C=O) groups is 1. The first-order valence-electron chi connectivity index (χ1n) is 14.8. The Labute approximate surface area is 214 Å². The second-order valence-electron chi connectivity index (χ2n) is 13.5. The molecular weight excluding hydrogens is 438 g/mol. The third-order valence-corrected chi connectivity index (χ3v) is 11.1. The number of methoxy groups -OCH3 is 1. The van der Waals surface area contributed by atoms with E-state index in [1.54, 1.807) is 7.11 Å². The van der Waals surface area contributed by atoms with Crippen molar-refractivity contribution >= 4 is 5.97 Å². The van der Waals surface area contributed by atoms with Gasteiger partial charge in [-0.3, -0.25) is 4.79 Å². The van der Waals surface area contributed by atoms with Crippen LogP contribution < -0.4 is 5.32 Å². The summed E-state index contributed by atoms with van der Waals surface area (Å²) < 4.78 is 11.6. The van der Waals surface area contributed by atoms with Gasteiger partial charge in [0, 0.05) is 12.6 Å². The average molecular weight is 492 g/mol. The van der Waals surface area contributed by atoms with Crippen LogP contribution in [0.4, 0.5) is 0 Å². The van der Waals surface area contributed by atoms with E-state index in [2.05, 4.69) is 39.9 Å². The lowest BCUT2D eigenvalue weighted by Crippen LogP contribution is -2.64. The standard InChI is InChI=1S/C30H53NO4/c1-7-8-15-35-26-18-29(4)20(16-25(26)32)9-10-21-22-11-12-23(28(33)34-6)30(22,5)17-24(27(21)29)31-14-13-19(2)3/h19-27,31-32H,7-18H2,1-6H3/t20-,21-,22-,23+,24+,25-,26-,27+,29-,30-/m0/s1. The molecule has 35 heavy (non-hydrogen) atoms. The molecule has 5 heteroatoms. The van der Waals surface area contributed by atoms with Crippen molar-refractivity contribution in [3.8, 4) is 0 Å². The summed E-state index contributed by atoms with van der Waals surface area (Å²) in [6, 6.07) is 0.407. The van der Waals surface area contributed by atoms with Crippen LogP contribution >= 0.6 is 0 Å². The molecule has 0 aromatic carbocycles. The largest absolute Gasteiger partial charge is 0.469 e. The first kappa shape index (κ1) is 27.4. The fourth-order valence-corrected chi connectivity index (χ4v) is 9.27. The number of hydrogen-bond acceptors (Lipinski definition) is 5. The molecule has 2 N–H and O–H groups in total. The molecule has 0 aromatic heterocycles. The highest BCUT2D eigenvalue weighted by Gasteiger charge is 2.65. The third kappa shape index (κ3) is 5.08. The van der Waals surface area contributed by atoms with E-state index in [1.807, 2.05) is 0 Å². The molecule has 0 heterocycles. The summed E-state index contributed by atoms with van der Waals surface area (Å²) in [5, 5.41) is 15.1. The molecule has 0 amide bonds. The van der Waals surface area contributed by atoms with Gasteiger partial charge < -0.3 is 19.9 Å². The van der Waals surface area contributed by atoms with Crippen molar-refractivity contribution in [1.29, 1.82) is 0 Å². The minimum Gasteiger partial charge on any atom is -0.469 e. The molecule has 0 aromatic rings. The number of aliphatic hydroxyl groups excluding tert-OH is 1. The topological polar surface area (TPSA) is 67.8 Å². The van der Waals surface area contributed by atoms with Gasteiger partial charge in [-0.25, -0.2) is 0 Å². The van der Waals surface area contributed by atoms with E-state index in [0.717, 1.165) is 58.1 Å². The first-order chi connectivity index (χ1) is 16.7. The SMILES string of the molecule is CCCCO[C@H]1C[C@@]2(C)[C@@H](CC[C@@H]3[C@@H]2[C@H](NCCC(C)C)C[C@]2(C)[C@@H](C(=O)OC)CC[C@@H]32)C[C@@H]1O. The molecule has 0 radical (unpaired) electrons. The fraction of sp³-hybridized carbons (Fsp3) is 0.967. The number of ether oxygens (including phenoxy) is 2. The van der Waals surface area contributed by atoms with E-state index in [-0.39, 0.29) is 34.9 Å².